The van der Waals surface area contributed by atoms with E-state index >= 15 is 0 Å². The molecule has 0 aromatic heterocycles. The van der Waals surface area contributed by atoms with Crippen molar-refractivity contribution in [2.24, 2.45) is 0 Å². The fraction of sp³-hybridized carbons (Fsp3) is 0.462. The topological polar surface area (TPSA) is 68.6 Å². The molecule has 0 N–H and O–H groups in total. The van der Waals surface area contributed by atoms with E-state index in [1.165, 1.54) is 0 Å². The maximum absolute atomic E-state index is 12.1. The third-order valence-corrected chi connectivity index (χ3v) is 5.02. The molecule has 31 heavy (non-hydrogen) atoms. The van der Waals surface area contributed by atoms with E-state index in [1.807, 2.05) is 56.3 Å². The zero-order valence-corrected chi connectivity index (χ0v) is 19.0. The highest BCUT2D eigenvalue weighted by molar-refractivity contribution is 5.74. The van der Waals surface area contributed by atoms with Gasteiger partial charge in [0.1, 0.15) is 17.9 Å². The number of hydrogen-bond acceptors (Lipinski definition) is 5. The van der Waals surface area contributed by atoms with Crippen LogP contribution >= 0.6 is 0 Å². The highest BCUT2D eigenvalue weighted by Crippen LogP contribution is 2.28. The summed E-state index contributed by atoms with van der Waals surface area (Å²) in [6.45, 7) is 8.85. The summed E-state index contributed by atoms with van der Waals surface area (Å²) in [5.74, 6) is 0.261. The van der Waals surface area contributed by atoms with Gasteiger partial charge in [0, 0.05) is 6.61 Å². The van der Waals surface area contributed by atoms with Crippen LogP contribution in [-0.4, -0.2) is 25.3 Å². The molecule has 166 valence electrons. The first-order chi connectivity index (χ1) is 15.0. The number of esters is 1. The van der Waals surface area contributed by atoms with Gasteiger partial charge in [0.15, 0.2) is 6.10 Å². The van der Waals surface area contributed by atoms with Gasteiger partial charge in [0.25, 0.3) is 0 Å². The Morgan fingerprint density at radius 2 is 1.68 bits per heavy atom. The van der Waals surface area contributed by atoms with E-state index in [9.17, 15) is 10.1 Å². The summed E-state index contributed by atoms with van der Waals surface area (Å²) in [5, 5.41) is 9.50. The van der Waals surface area contributed by atoms with Crippen molar-refractivity contribution in [2.75, 3.05) is 13.2 Å². The number of rotatable bonds is 12. The molecule has 0 bridgehead atoms. The van der Waals surface area contributed by atoms with Gasteiger partial charge in [-0.2, -0.15) is 5.26 Å². The fourth-order valence-electron chi connectivity index (χ4n) is 3.10. The molecule has 0 aliphatic rings. The molecule has 2 aromatic rings. The first-order valence-corrected chi connectivity index (χ1v) is 11.1. The highest BCUT2D eigenvalue weighted by atomic mass is 16.6. The number of nitriles is 1. The van der Waals surface area contributed by atoms with Crippen LogP contribution in [0.25, 0.3) is 11.1 Å². The van der Waals surface area contributed by atoms with Gasteiger partial charge in [-0.3, -0.25) is 0 Å². The predicted octanol–water partition coefficient (Wildman–Crippen LogP) is 6.21. The van der Waals surface area contributed by atoms with Crippen molar-refractivity contribution >= 4 is 5.97 Å². The average molecular weight is 424 g/mol. The van der Waals surface area contributed by atoms with Crippen LogP contribution in [0.2, 0.25) is 0 Å². The van der Waals surface area contributed by atoms with E-state index < -0.39 is 6.10 Å². The van der Waals surface area contributed by atoms with E-state index in [-0.39, 0.29) is 12.1 Å². The molecule has 2 rings (SSSR count). The Hall–Kier alpha value is -2.84. The molecular weight excluding hydrogens is 390 g/mol. The highest BCUT2D eigenvalue weighted by Gasteiger charge is 2.19. The van der Waals surface area contributed by atoms with Crippen LogP contribution in [0.3, 0.4) is 0 Å². The van der Waals surface area contributed by atoms with Crippen LogP contribution < -0.4 is 4.74 Å². The Morgan fingerprint density at radius 1 is 0.968 bits per heavy atom. The van der Waals surface area contributed by atoms with Crippen LogP contribution in [0.1, 0.15) is 70.6 Å². The van der Waals surface area contributed by atoms with Crippen LogP contribution in [0.4, 0.5) is 0 Å². The Kier molecular flexibility index (Phi) is 10.1. The predicted molar refractivity (Wildman–Crippen MR) is 122 cm³/mol. The molecule has 2 aromatic carbocycles. The van der Waals surface area contributed by atoms with Crippen LogP contribution in [0, 0.1) is 11.3 Å². The second kappa shape index (κ2) is 12.8. The number of benzene rings is 2. The van der Waals surface area contributed by atoms with E-state index in [2.05, 4.69) is 13.0 Å². The maximum Gasteiger partial charge on any atom is 0.335 e. The standard InChI is InChI=1S/C26H33NO4/c1-5-7-8-16-30-25-14-13-23(17-24(25)18-27)22-11-9-21(10-12-22)19(3)31-26(28)20(4)29-15-6-2/h9-14,17,19-20H,5-8,15-16H2,1-4H3. The minimum absolute atomic E-state index is 0.363. The van der Waals surface area contributed by atoms with Gasteiger partial charge in [-0.05, 0) is 55.5 Å². The lowest BCUT2D eigenvalue weighted by Gasteiger charge is -2.18. The minimum atomic E-state index is -0.575. The Labute approximate surface area is 185 Å². The third-order valence-electron chi connectivity index (χ3n) is 5.02. The van der Waals surface area contributed by atoms with E-state index in [0.717, 1.165) is 42.4 Å². The summed E-state index contributed by atoms with van der Waals surface area (Å²) < 4.78 is 16.7. The van der Waals surface area contributed by atoms with Gasteiger partial charge in [-0.25, -0.2) is 4.79 Å². The SMILES string of the molecule is CCCCCOc1ccc(-c2ccc(C(C)OC(=O)C(C)OCCC)cc2)cc1C#N. The molecule has 0 heterocycles. The van der Waals surface area contributed by atoms with Crippen molar-refractivity contribution in [3.05, 3.63) is 53.6 Å². The number of carbonyl (C=O) groups is 1. The number of carbonyl (C=O) groups excluding carboxylic acids is 1. The molecule has 0 radical (unpaired) electrons. The molecule has 0 spiro atoms. The fourth-order valence-corrected chi connectivity index (χ4v) is 3.10. The van der Waals surface area contributed by atoms with Gasteiger partial charge in [0.2, 0.25) is 0 Å². The van der Waals surface area contributed by atoms with Crippen LogP contribution in [-0.2, 0) is 14.3 Å². The monoisotopic (exact) mass is 423 g/mol. The van der Waals surface area contributed by atoms with Gasteiger partial charge in [-0.1, -0.05) is 57.0 Å². The Balaban J connectivity index is 2.03. The number of unbranched alkanes of at least 4 members (excludes halogenated alkanes) is 2. The maximum atomic E-state index is 12.1. The molecule has 0 aliphatic carbocycles. The molecule has 2 atom stereocenters. The van der Waals surface area contributed by atoms with Gasteiger partial charge < -0.3 is 14.2 Å². The Morgan fingerprint density at radius 3 is 2.32 bits per heavy atom. The summed E-state index contributed by atoms with van der Waals surface area (Å²) in [6.07, 6.45) is 3.14. The Bertz CT molecular complexity index is 870. The molecular formula is C26H33NO4. The van der Waals surface area contributed by atoms with Crippen molar-refractivity contribution in [3.63, 3.8) is 0 Å². The van der Waals surface area contributed by atoms with E-state index in [0.29, 0.717) is 24.5 Å². The largest absolute Gasteiger partial charge is 0.492 e. The van der Waals surface area contributed by atoms with Crippen molar-refractivity contribution in [2.45, 2.75) is 65.6 Å². The molecule has 2 unspecified atom stereocenters. The zero-order valence-electron chi connectivity index (χ0n) is 19.0. The van der Waals surface area contributed by atoms with E-state index in [1.54, 1.807) is 6.92 Å². The second-order valence-corrected chi connectivity index (χ2v) is 7.59. The van der Waals surface area contributed by atoms with E-state index in [4.69, 9.17) is 14.2 Å². The average Bonchev–Trinajstić information content (AvgIpc) is 2.80. The van der Waals surface area contributed by atoms with Gasteiger partial charge in [0.05, 0.1) is 12.2 Å². The summed E-state index contributed by atoms with van der Waals surface area (Å²) in [4.78, 5) is 12.1. The lowest BCUT2D eigenvalue weighted by molar-refractivity contribution is -0.161. The quantitative estimate of drug-likeness (QED) is 0.300. The molecule has 0 amide bonds. The summed E-state index contributed by atoms with van der Waals surface area (Å²) >= 11 is 0. The third kappa shape index (κ3) is 7.41. The summed E-state index contributed by atoms with van der Waals surface area (Å²) in [6, 6.07) is 15.7. The lowest BCUT2D eigenvalue weighted by atomic mass is 10.0. The second-order valence-electron chi connectivity index (χ2n) is 7.59. The zero-order chi connectivity index (χ0) is 22.6. The first kappa shape index (κ1) is 24.4. The summed E-state index contributed by atoms with van der Waals surface area (Å²) in [5.41, 5.74) is 3.35. The van der Waals surface area contributed by atoms with Gasteiger partial charge in [-0.15, -0.1) is 0 Å². The van der Waals surface area contributed by atoms with Crippen molar-refractivity contribution in [1.82, 2.24) is 0 Å². The smallest absolute Gasteiger partial charge is 0.335 e. The van der Waals surface area contributed by atoms with Crippen LogP contribution in [0.5, 0.6) is 5.75 Å². The van der Waals surface area contributed by atoms with Crippen LogP contribution in [0.15, 0.2) is 42.5 Å². The molecule has 5 nitrogen and oxygen atoms in total. The summed E-state index contributed by atoms with van der Waals surface area (Å²) in [7, 11) is 0. The molecule has 0 saturated heterocycles. The number of ether oxygens (including phenoxy) is 3. The minimum Gasteiger partial charge on any atom is -0.492 e. The molecule has 0 fully saturated rings. The normalized spacial score (nSPS) is 12.6. The number of nitrogens with zero attached hydrogens (tertiary/aromatic N) is 1. The molecule has 0 aliphatic heterocycles. The molecule has 0 saturated carbocycles. The van der Waals surface area contributed by atoms with Crippen molar-refractivity contribution in [1.29, 1.82) is 5.26 Å². The van der Waals surface area contributed by atoms with Crippen molar-refractivity contribution in [3.8, 4) is 22.9 Å². The van der Waals surface area contributed by atoms with Gasteiger partial charge >= 0.3 is 5.97 Å². The first-order valence-electron chi connectivity index (χ1n) is 11.1. The number of hydrogen-bond donors (Lipinski definition) is 0. The lowest BCUT2D eigenvalue weighted by Crippen LogP contribution is -2.24. The van der Waals surface area contributed by atoms with Crippen molar-refractivity contribution < 1.29 is 19.0 Å². The molecule has 5 heteroatoms.